The minimum atomic E-state index is 0.163. The number of thiol groups is 1. The fourth-order valence-corrected chi connectivity index (χ4v) is 3.49. The number of rotatable bonds is 4. The molecule has 1 aliphatic rings. The first-order chi connectivity index (χ1) is 9.06. The molecule has 0 amide bonds. The summed E-state index contributed by atoms with van der Waals surface area (Å²) < 4.78 is 5.88. The van der Waals surface area contributed by atoms with Crippen LogP contribution in [0.1, 0.15) is 32.1 Å². The fourth-order valence-electron chi connectivity index (χ4n) is 2.50. The van der Waals surface area contributed by atoms with Crippen molar-refractivity contribution in [2.45, 2.75) is 32.1 Å². The van der Waals surface area contributed by atoms with Gasteiger partial charge in [-0.15, -0.1) is 0 Å². The third-order valence-corrected chi connectivity index (χ3v) is 5.45. The van der Waals surface area contributed by atoms with E-state index < -0.39 is 0 Å². The van der Waals surface area contributed by atoms with Crippen LogP contribution < -0.4 is 4.74 Å². The molecule has 0 heterocycles. The lowest BCUT2D eigenvalue weighted by Crippen LogP contribution is -2.33. The number of hydrogen-bond acceptors (Lipinski definition) is 2. The first kappa shape index (κ1) is 15.6. The van der Waals surface area contributed by atoms with Crippen molar-refractivity contribution >= 4 is 47.4 Å². The van der Waals surface area contributed by atoms with Gasteiger partial charge in [0.2, 0.25) is 0 Å². The van der Waals surface area contributed by atoms with Gasteiger partial charge in [0.05, 0.1) is 21.7 Å². The van der Waals surface area contributed by atoms with Crippen LogP contribution in [0.15, 0.2) is 12.1 Å². The zero-order valence-electron chi connectivity index (χ0n) is 10.6. The van der Waals surface area contributed by atoms with Crippen molar-refractivity contribution in [2.24, 2.45) is 5.41 Å². The minimum Gasteiger partial charge on any atom is -0.491 e. The summed E-state index contributed by atoms with van der Waals surface area (Å²) in [6.45, 7) is 0.633. The Labute approximate surface area is 135 Å². The molecule has 5 heteroatoms. The summed E-state index contributed by atoms with van der Waals surface area (Å²) in [5.41, 5.74) is 0.163. The van der Waals surface area contributed by atoms with E-state index in [1.165, 1.54) is 19.3 Å². The molecule has 1 aromatic rings. The van der Waals surface area contributed by atoms with Gasteiger partial charge in [0.25, 0.3) is 0 Å². The molecule has 1 aromatic carbocycles. The maximum absolute atomic E-state index is 6.12. The van der Waals surface area contributed by atoms with Gasteiger partial charge in [-0.05, 0) is 24.7 Å². The summed E-state index contributed by atoms with van der Waals surface area (Å²) in [5.74, 6) is 1.44. The maximum atomic E-state index is 6.12. The normalized spacial score (nSPS) is 18.3. The molecule has 0 spiro atoms. The Bertz CT molecular complexity index is 445. The Morgan fingerprint density at radius 2 is 1.63 bits per heavy atom. The van der Waals surface area contributed by atoms with Crippen LogP contribution in [0.4, 0.5) is 0 Å². The van der Waals surface area contributed by atoms with Crippen LogP contribution in [0.2, 0.25) is 15.1 Å². The summed E-state index contributed by atoms with van der Waals surface area (Å²) in [4.78, 5) is 0. The van der Waals surface area contributed by atoms with Crippen molar-refractivity contribution in [1.29, 1.82) is 0 Å². The largest absolute Gasteiger partial charge is 0.491 e. The van der Waals surface area contributed by atoms with E-state index in [4.69, 9.17) is 39.5 Å². The Morgan fingerprint density at radius 1 is 1.00 bits per heavy atom. The summed E-state index contributed by atoms with van der Waals surface area (Å²) in [5, 5.41) is 1.41. The van der Waals surface area contributed by atoms with E-state index in [9.17, 15) is 0 Å². The lowest BCUT2D eigenvalue weighted by Gasteiger charge is -2.35. The van der Waals surface area contributed by atoms with Gasteiger partial charge in [-0.3, -0.25) is 0 Å². The number of ether oxygens (including phenoxy) is 1. The summed E-state index contributed by atoms with van der Waals surface area (Å²) in [6, 6.07) is 3.30. The molecule has 1 nitrogen and oxygen atoms in total. The number of benzene rings is 1. The predicted octanol–water partition coefficient (Wildman–Crippen LogP) is 5.91. The number of hydrogen-bond donors (Lipinski definition) is 1. The molecule has 0 aliphatic heterocycles. The second kappa shape index (κ2) is 6.80. The lowest BCUT2D eigenvalue weighted by atomic mass is 9.76. The molecule has 0 unspecified atom stereocenters. The molecule has 1 saturated carbocycles. The molecule has 0 aromatic heterocycles. The van der Waals surface area contributed by atoms with Crippen molar-refractivity contribution in [3.05, 3.63) is 27.2 Å². The van der Waals surface area contributed by atoms with Crippen molar-refractivity contribution < 1.29 is 4.74 Å². The summed E-state index contributed by atoms with van der Waals surface area (Å²) in [6.07, 6.45) is 6.13. The Balaban J connectivity index is 2.07. The predicted molar refractivity (Wildman–Crippen MR) is 86.3 cm³/mol. The molecule has 1 aliphatic carbocycles. The van der Waals surface area contributed by atoms with Crippen molar-refractivity contribution in [2.75, 3.05) is 12.4 Å². The molecule has 1 fully saturated rings. The summed E-state index contributed by atoms with van der Waals surface area (Å²) >= 11 is 22.5. The first-order valence-corrected chi connectivity index (χ1v) is 8.21. The highest BCUT2D eigenvalue weighted by atomic mass is 35.5. The molecule has 0 bridgehead atoms. The monoisotopic (exact) mass is 338 g/mol. The lowest BCUT2D eigenvalue weighted by molar-refractivity contribution is 0.121. The summed E-state index contributed by atoms with van der Waals surface area (Å²) in [7, 11) is 0. The molecule has 106 valence electrons. The topological polar surface area (TPSA) is 9.23 Å². The van der Waals surface area contributed by atoms with E-state index in [2.05, 4.69) is 12.6 Å². The van der Waals surface area contributed by atoms with Gasteiger partial charge in [-0.1, -0.05) is 54.1 Å². The van der Waals surface area contributed by atoms with Gasteiger partial charge in [0, 0.05) is 11.5 Å². The average Bonchev–Trinajstić information content (AvgIpc) is 2.42. The molecule has 19 heavy (non-hydrogen) atoms. The quantitative estimate of drug-likeness (QED) is 0.530. The van der Waals surface area contributed by atoms with Crippen LogP contribution in [0.25, 0.3) is 0 Å². The SMILES string of the molecule is SCC1(COc2cc(Cl)c(Cl)cc2Cl)CCCCC1. The molecule has 0 N–H and O–H groups in total. The third kappa shape index (κ3) is 3.87. The smallest absolute Gasteiger partial charge is 0.139 e. The molecule has 0 atom stereocenters. The Morgan fingerprint density at radius 3 is 2.26 bits per heavy atom. The van der Waals surface area contributed by atoms with Gasteiger partial charge in [-0.2, -0.15) is 12.6 Å². The number of halogens is 3. The van der Waals surface area contributed by atoms with Crippen LogP contribution >= 0.6 is 47.4 Å². The van der Waals surface area contributed by atoms with E-state index in [1.54, 1.807) is 12.1 Å². The van der Waals surface area contributed by atoms with E-state index >= 15 is 0 Å². The van der Waals surface area contributed by atoms with Gasteiger partial charge < -0.3 is 4.74 Å². The van der Waals surface area contributed by atoms with E-state index in [-0.39, 0.29) is 5.41 Å². The highest BCUT2D eigenvalue weighted by Gasteiger charge is 2.31. The standard InChI is InChI=1S/C14H17Cl3OS/c15-10-6-12(17)13(7-11(10)16)18-8-14(9-19)4-2-1-3-5-14/h6-7,19H,1-5,8-9H2. The van der Waals surface area contributed by atoms with Crippen LogP contribution in [0.3, 0.4) is 0 Å². The van der Waals surface area contributed by atoms with Crippen LogP contribution in [-0.2, 0) is 0 Å². The zero-order chi connectivity index (χ0) is 13.9. The first-order valence-electron chi connectivity index (χ1n) is 6.44. The zero-order valence-corrected chi connectivity index (χ0v) is 13.8. The second-order valence-electron chi connectivity index (χ2n) is 5.20. The Hall–Kier alpha value is 0.240. The molecule has 0 saturated heterocycles. The fraction of sp³-hybridized carbons (Fsp3) is 0.571. The second-order valence-corrected chi connectivity index (χ2v) is 6.74. The van der Waals surface area contributed by atoms with Crippen LogP contribution in [0, 0.1) is 5.41 Å². The highest BCUT2D eigenvalue weighted by molar-refractivity contribution is 7.80. The van der Waals surface area contributed by atoms with Crippen LogP contribution in [0.5, 0.6) is 5.75 Å². The average molecular weight is 340 g/mol. The minimum absolute atomic E-state index is 0.163. The molecule has 0 radical (unpaired) electrons. The van der Waals surface area contributed by atoms with Gasteiger partial charge >= 0.3 is 0 Å². The van der Waals surface area contributed by atoms with Gasteiger partial charge in [0.15, 0.2) is 0 Å². The molecular formula is C14H17Cl3OS. The van der Waals surface area contributed by atoms with E-state index in [1.807, 2.05) is 0 Å². The Kier molecular flexibility index (Phi) is 5.59. The third-order valence-electron chi connectivity index (χ3n) is 3.76. The molecular weight excluding hydrogens is 323 g/mol. The van der Waals surface area contributed by atoms with Gasteiger partial charge in [0.1, 0.15) is 5.75 Å². The maximum Gasteiger partial charge on any atom is 0.139 e. The molecule has 2 rings (SSSR count). The van der Waals surface area contributed by atoms with Gasteiger partial charge in [-0.25, -0.2) is 0 Å². The van der Waals surface area contributed by atoms with Crippen molar-refractivity contribution in [3.63, 3.8) is 0 Å². The van der Waals surface area contributed by atoms with E-state index in [0.717, 1.165) is 18.6 Å². The van der Waals surface area contributed by atoms with E-state index in [0.29, 0.717) is 27.4 Å². The van der Waals surface area contributed by atoms with Crippen molar-refractivity contribution in [1.82, 2.24) is 0 Å². The van der Waals surface area contributed by atoms with Crippen LogP contribution in [-0.4, -0.2) is 12.4 Å². The highest BCUT2D eigenvalue weighted by Crippen LogP contribution is 2.39. The van der Waals surface area contributed by atoms with Crippen molar-refractivity contribution in [3.8, 4) is 5.75 Å².